The van der Waals surface area contributed by atoms with Gasteiger partial charge in [-0.3, -0.25) is 9.59 Å². The number of ether oxygens (including phenoxy) is 3. The zero-order chi connectivity index (χ0) is 30.6. The fraction of sp³-hybridized carbons (Fsp3) is 0.939. The van der Waals surface area contributed by atoms with E-state index < -0.39 is 47.2 Å². The average molecular weight is 593 g/mol. The van der Waals surface area contributed by atoms with Crippen molar-refractivity contribution in [3.63, 3.8) is 0 Å². The van der Waals surface area contributed by atoms with E-state index in [2.05, 4.69) is 34.6 Å². The van der Waals surface area contributed by atoms with E-state index in [1.165, 1.54) is 0 Å². The molecule has 2 saturated heterocycles. The zero-order valence-corrected chi connectivity index (χ0v) is 26.2. The Morgan fingerprint density at radius 1 is 0.929 bits per heavy atom. The molecule has 238 valence electrons. The summed E-state index contributed by atoms with van der Waals surface area (Å²) in [7, 11) is 0. The summed E-state index contributed by atoms with van der Waals surface area (Å²) >= 11 is 0. The molecule has 0 aromatic heterocycles. The van der Waals surface area contributed by atoms with Gasteiger partial charge >= 0.3 is 11.9 Å². The highest BCUT2D eigenvalue weighted by Gasteiger charge is 2.77. The lowest BCUT2D eigenvalue weighted by atomic mass is 9.43. The van der Waals surface area contributed by atoms with Crippen molar-refractivity contribution >= 4 is 11.9 Å². The van der Waals surface area contributed by atoms with Crippen LogP contribution in [-0.4, -0.2) is 73.8 Å². The van der Waals surface area contributed by atoms with Crippen LogP contribution in [0.4, 0.5) is 0 Å². The molecule has 0 aromatic rings. The van der Waals surface area contributed by atoms with E-state index >= 15 is 0 Å². The molecule has 42 heavy (non-hydrogen) atoms. The molecule has 6 fully saturated rings. The van der Waals surface area contributed by atoms with Crippen molar-refractivity contribution in [3.05, 3.63) is 0 Å². The third-order valence-corrected chi connectivity index (χ3v) is 13.6. The van der Waals surface area contributed by atoms with Gasteiger partial charge in [0.25, 0.3) is 0 Å². The molecule has 1 spiro atoms. The zero-order valence-electron chi connectivity index (χ0n) is 26.2. The largest absolute Gasteiger partial charge is 0.481 e. The Morgan fingerprint density at radius 3 is 2.29 bits per heavy atom. The van der Waals surface area contributed by atoms with E-state index in [4.69, 9.17) is 19.3 Å². The van der Waals surface area contributed by atoms with Crippen molar-refractivity contribution in [2.45, 2.75) is 147 Å². The maximum atomic E-state index is 12.6. The van der Waals surface area contributed by atoms with E-state index in [9.17, 15) is 24.9 Å². The SMILES string of the molecule is C[C@H]1CC2(O[C@H]3CC4C5CCC6C[C@H](O)[C@H](OC(=O)CCCC(=O)O)C[C@]6(C)C5[C@@H](O)C[C@]4(C)C3C2(C)O)OC1(C)C. The summed E-state index contributed by atoms with van der Waals surface area (Å²) in [5.74, 6) is -1.64. The number of rotatable bonds is 5. The Bertz CT molecular complexity index is 1110. The van der Waals surface area contributed by atoms with Crippen LogP contribution >= 0.6 is 0 Å². The molecule has 6 aliphatic rings. The summed E-state index contributed by atoms with van der Waals surface area (Å²) < 4.78 is 19.1. The molecule has 4 saturated carbocycles. The Labute approximate surface area is 249 Å². The third kappa shape index (κ3) is 4.34. The van der Waals surface area contributed by atoms with Gasteiger partial charge in [-0.15, -0.1) is 0 Å². The Morgan fingerprint density at radius 2 is 1.64 bits per heavy atom. The lowest BCUT2D eigenvalue weighted by Crippen LogP contribution is -2.63. The molecule has 2 aliphatic heterocycles. The average Bonchev–Trinajstić information content (AvgIpc) is 3.36. The summed E-state index contributed by atoms with van der Waals surface area (Å²) in [6.07, 6.45) is 2.92. The molecule has 14 atom stereocenters. The van der Waals surface area contributed by atoms with E-state index in [1.54, 1.807) is 0 Å². The molecule has 9 heteroatoms. The van der Waals surface area contributed by atoms with Crippen LogP contribution in [0.5, 0.6) is 0 Å². The van der Waals surface area contributed by atoms with Gasteiger partial charge in [-0.1, -0.05) is 20.8 Å². The first kappa shape index (κ1) is 30.8. The van der Waals surface area contributed by atoms with Crippen LogP contribution in [0.2, 0.25) is 0 Å². The van der Waals surface area contributed by atoms with Crippen LogP contribution in [0.25, 0.3) is 0 Å². The number of carboxylic acids is 1. The van der Waals surface area contributed by atoms with Crippen LogP contribution in [0, 0.1) is 46.3 Å². The molecule has 6 rings (SSSR count). The van der Waals surface area contributed by atoms with Crippen molar-refractivity contribution < 1.29 is 44.2 Å². The molecule has 0 radical (unpaired) electrons. The standard InChI is InChI=1S/C33H52O9/c1-17-14-33(42-29(17,2)3)32(6,39)28-23(41-33)13-20-19-11-10-18-12-21(34)24(40-26(38)9-7-8-25(36)37)16-30(18,4)27(19)22(35)15-31(20,28)5/h17-24,27-28,34-35,39H,7-16H2,1-6H3,(H,36,37)/t17-,18?,19?,20?,21-,22-,23-,24+,27?,28?,30-,31-,32?,33?/m0/s1. The number of aliphatic carboxylic acids is 1. The van der Waals surface area contributed by atoms with Gasteiger partial charge in [-0.25, -0.2) is 0 Å². The topological polar surface area (TPSA) is 143 Å². The number of hydrogen-bond acceptors (Lipinski definition) is 8. The minimum absolute atomic E-state index is 0.00513. The van der Waals surface area contributed by atoms with Crippen molar-refractivity contribution in [2.24, 2.45) is 46.3 Å². The van der Waals surface area contributed by atoms with Crippen molar-refractivity contribution in [1.82, 2.24) is 0 Å². The van der Waals surface area contributed by atoms with E-state index in [0.29, 0.717) is 25.7 Å². The number of hydrogen-bond donors (Lipinski definition) is 4. The molecule has 9 nitrogen and oxygen atoms in total. The predicted octanol–water partition coefficient (Wildman–Crippen LogP) is 4.04. The molecule has 0 aromatic carbocycles. The number of aliphatic hydroxyl groups excluding tert-OH is 2. The van der Waals surface area contributed by atoms with Crippen molar-refractivity contribution in [1.29, 1.82) is 0 Å². The minimum Gasteiger partial charge on any atom is -0.481 e. The molecular formula is C33H52O9. The van der Waals surface area contributed by atoms with Crippen LogP contribution in [0.1, 0.15) is 106 Å². The van der Waals surface area contributed by atoms with Crippen molar-refractivity contribution in [3.8, 4) is 0 Å². The summed E-state index contributed by atoms with van der Waals surface area (Å²) in [5.41, 5.74) is -2.21. The highest BCUT2D eigenvalue weighted by atomic mass is 16.7. The molecular weight excluding hydrogens is 540 g/mol. The summed E-state index contributed by atoms with van der Waals surface area (Å²) in [6, 6.07) is 0. The maximum Gasteiger partial charge on any atom is 0.306 e. The highest BCUT2D eigenvalue weighted by molar-refractivity contribution is 5.71. The predicted molar refractivity (Wildman–Crippen MR) is 152 cm³/mol. The lowest BCUT2D eigenvalue weighted by Gasteiger charge is -2.63. The number of carboxylic acid groups (broad SMARTS) is 1. The van der Waals surface area contributed by atoms with Crippen molar-refractivity contribution in [2.75, 3.05) is 0 Å². The summed E-state index contributed by atoms with van der Waals surface area (Å²) in [4.78, 5) is 23.4. The fourth-order valence-corrected chi connectivity index (χ4v) is 11.4. The second-order valence-corrected chi connectivity index (χ2v) is 16.2. The van der Waals surface area contributed by atoms with E-state index in [0.717, 1.165) is 19.3 Å². The van der Waals surface area contributed by atoms with Gasteiger partial charge in [0.2, 0.25) is 0 Å². The highest BCUT2D eigenvalue weighted by Crippen LogP contribution is 2.73. The molecule has 2 heterocycles. The van der Waals surface area contributed by atoms with E-state index in [-0.39, 0.29) is 71.7 Å². The Hall–Kier alpha value is -1.26. The molecule has 7 unspecified atom stereocenters. The van der Waals surface area contributed by atoms with Gasteiger partial charge in [0.15, 0.2) is 5.79 Å². The molecule has 4 aliphatic carbocycles. The number of fused-ring (bicyclic) bond motifs is 7. The second kappa shape index (κ2) is 9.87. The normalized spacial score (nSPS) is 54.1. The van der Waals surface area contributed by atoms with Gasteiger partial charge in [0.1, 0.15) is 11.7 Å². The lowest BCUT2D eigenvalue weighted by molar-refractivity contribution is -0.300. The number of aliphatic hydroxyl groups is 3. The first-order valence-corrected chi connectivity index (χ1v) is 16.3. The third-order valence-electron chi connectivity index (χ3n) is 13.6. The first-order chi connectivity index (χ1) is 19.4. The van der Waals surface area contributed by atoms with Gasteiger partial charge in [0.05, 0.1) is 23.9 Å². The maximum absolute atomic E-state index is 12.6. The van der Waals surface area contributed by atoms with Crippen LogP contribution in [0.3, 0.4) is 0 Å². The first-order valence-electron chi connectivity index (χ1n) is 16.3. The quantitative estimate of drug-likeness (QED) is 0.348. The van der Waals surface area contributed by atoms with Gasteiger partial charge in [0, 0.05) is 25.2 Å². The minimum atomic E-state index is -1.19. The molecule has 0 amide bonds. The fourth-order valence-electron chi connectivity index (χ4n) is 11.4. The monoisotopic (exact) mass is 592 g/mol. The Balaban J connectivity index is 1.23. The number of esters is 1. The second-order valence-electron chi connectivity index (χ2n) is 16.2. The van der Waals surface area contributed by atoms with Gasteiger partial charge in [-0.2, -0.15) is 0 Å². The summed E-state index contributed by atoms with van der Waals surface area (Å²) in [6.45, 7) is 12.7. The number of carbonyl (C=O) groups excluding carboxylic acids is 1. The van der Waals surface area contributed by atoms with Gasteiger partial charge in [-0.05, 0) is 106 Å². The molecule has 4 N–H and O–H groups in total. The number of carbonyl (C=O) groups is 2. The van der Waals surface area contributed by atoms with Crippen LogP contribution < -0.4 is 0 Å². The smallest absolute Gasteiger partial charge is 0.306 e. The van der Waals surface area contributed by atoms with Gasteiger partial charge < -0.3 is 34.6 Å². The molecule has 0 bridgehead atoms. The van der Waals surface area contributed by atoms with Crippen LogP contribution in [0.15, 0.2) is 0 Å². The van der Waals surface area contributed by atoms with Crippen LogP contribution in [-0.2, 0) is 23.8 Å². The summed E-state index contributed by atoms with van der Waals surface area (Å²) in [5, 5.41) is 44.2. The van der Waals surface area contributed by atoms with E-state index in [1.807, 2.05) is 6.92 Å². The Kier molecular flexibility index (Phi) is 7.23.